The van der Waals surface area contributed by atoms with Crippen LogP contribution in [0.4, 0.5) is 21.5 Å². The third-order valence-corrected chi connectivity index (χ3v) is 3.56. The van der Waals surface area contributed by atoms with Gasteiger partial charge in [-0.2, -0.15) is 0 Å². The number of rotatable bonds is 7. The van der Waals surface area contributed by atoms with E-state index in [9.17, 15) is 19.3 Å². The minimum Gasteiger partial charge on any atom is -0.497 e. The largest absolute Gasteiger partial charge is 0.497 e. The highest BCUT2D eigenvalue weighted by atomic mass is 19.1. The minimum atomic E-state index is -0.700. The SMILES string of the molecule is CCN(CC(=O)Nc1ccc(OC)cc1)c1ccc(F)cc1[N+](=O)[O-]. The summed E-state index contributed by atoms with van der Waals surface area (Å²) in [5.74, 6) is -0.380. The molecule has 0 unspecified atom stereocenters. The predicted molar refractivity (Wildman–Crippen MR) is 92.6 cm³/mol. The van der Waals surface area contributed by atoms with Crippen molar-refractivity contribution in [3.8, 4) is 5.75 Å². The Bertz CT molecular complexity index is 765. The molecule has 2 aromatic rings. The third kappa shape index (κ3) is 4.66. The highest BCUT2D eigenvalue weighted by molar-refractivity contribution is 5.94. The molecule has 0 aliphatic carbocycles. The molecule has 0 radical (unpaired) electrons. The number of nitrogens with zero attached hydrogens (tertiary/aromatic N) is 2. The lowest BCUT2D eigenvalue weighted by molar-refractivity contribution is -0.384. The van der Waals surface area contributed by atoms with Crippen molar-refractivity contribution in [3.63, 3.8) is 0 Å². The summed E-state index contributed by atoms with van der Waals surface area (Å²) in [6.45, 7) is 2.01. The lowest BCUT2D eigenvalue weighted by Crippen LogP contribution is -2.33. The normalized spacial score (nSPS) is 10.2. The molecule has 132 valence electrons. The number of amides is 1. The maximum absolute atomic E-state index is 13.3. The molecule has 2 rings (SSSR count). The number of ether oxygens (including phenoxy) is 1. The molecule has 25 heavy (non-hydrogen) atoms. The van der Waals surface area contributed by atoms with Crippen LogP contribution in [0.3, 0.4) is 0 Å². The molecule has 0 aliphatic rings. The smallest absolute Gasteiger partial charge is 0.295 e. The second-order valence-electron chi connectivity index (χ2n) is 5.18. The zero-order chi connectivity index (χ0) is 18.4. The van der Waals surface area contributed by atoms with Gasteiger partial charge in [-0.3, -0.25) is 14.9 Å². The van der Waals surface area contributed by atoms with Crippen LogP contribution in [0.5, 0.6) is 5.75 Å². The topological polar surface area (TPSA) is 84.7 Å². The number of nitro benzene ring substituents is 1. The van der Waals surface area contributed by atoms with Crippen LogP contribution >= 0.6 is 0 Å². The van der Waals surface area contributed by atoms with Crippen molar-refractivity contribution in [3.05, 3.63) is 58.4 Å². The van der Waals surface area contributed by atoms with Gasteiger partial charge in [-0.25, -0.2) is 4.39 Å². The maximum atomic E-state index is 13.3. The lowest BCUT2D eigenvalue weighted by Gasteiger charge is -2.22. The highest BCUT2D eigenvalue weighted by Crippen LogP contribution is 2.28. The van der Waals surface area contributed by atoms with E-state index < -0.39 is 10.7 Å². The predicted octanol–water partition coefficient (Wildman–Crippen LogP) is 3.21. The lowest BCUT2D eigenvalue weighted by atomic mass is 10.2. The summed E-state index contributed by atoms with van der Waals surface area (Å²) in [6, 6.07) is 10.1. The quantitative estimate of drug-likeness (QED) is 0.614. The molecule has 0 saturated carbocycles. The van der Waals surface area contributed by atoms with Crippen LogP contribution in [0.1, 0.15) is 6.92 Å². The van der Waals surface area contributed by atoms with Crippen molar-refractivity contribution < 1.29 is 18.8 Å². The van der Waals surface area contributed by atoms with E-state index in [4.69, 9.17) is 4.74 Å². The molecule has 0 aromatic heterocycles. The summed E-state index contributed by atoms with van der Waals surface area (Å²) >= 11 is 0. The van der Waals surface area contributed by atoms with Crippen LogP contribution in [0.15, 0.2) is 42.5 Å². The molecule has 0 saturated heterocycles. The summed E-state index contributed by atoms with van der Waals surface area (Å²) in [4.78, 5) is 24.2. The Morgan fingerprint density at radius 2 is 1.96 bits per heavy atom. The van der Waals surface area contributed by atoms with E-state index >= 15 is 0 Å². The molecule has 2 aromatic carbocycles. The Morgan fingerprint density at radius 3 is 2.52 bits per heavy atom. The van der Waals surface area contributed by atoms with Crippen LogP contribution in [-0.2, 0) is 4.79 Å². The number of hydrogen-bond donors (Lipinski definition) is 1. The third-order valence-electron chi connectivity index (χ3n) is 3.56. The van der Waals surface area contributed by atoms with Crippen molar-refractivity contribution in [1.82, 2.24) is 0 Å². The fraction of sp³-hybridized carbons (Fsp3) is 0.235. The molecule has 0 heterocycles. The van der Waals surface area contributed by atoms with E-state index in [0.717, 1.165) is 12.1 Å². The van der Waals surface area contributed by atoms with Gasteiger partial charge in [0.05, 0.1) is 24.6 Å². The number of halogens is 1. The summed E-state index contributed by atoms with van der Waals surface area (Å²) in [7, 11) is 1.54. The fourth-order valence-corrected chi connectivity index (χ4v) is 2.33. The van der Waals surface area contributed by atoms with Crippen molar-refractivity contribution >= 4 is 23.0 Å². The molecular formula is C17H18FN3O4. The van der Waals surface area contributed by atoms with E-state index in [2.05, 4.69) is 5.32 Å². The number of hydrogen-bond acceptors (Lipinski definition) is 5. The van der Waals surface area contributed by atoms with Crippen molar-refractivity contribution in [2.75, 3.05) is 30.4 Å². The number of methoxy groups -OCH3 is 1. The molecule has 0 fully saturated rings. The van der Waals surface area contributed by atoms with Crippen molar-refractivity contribution in [2.24, 2.45) is 0 Å². The Balaban J connectivity index is 2.13. The van der Waals surface area contributed by atoms with Gasteiger partial charge in [0, 0.05) is 12.2 Å². The molecule has 0 atom stereocenters. The number of nitrogens with one attached hydrogen (secondary N) is 1. The van der Waals surface area contributed by atoms with Gasteiger partial charge in [-0.15, -0.1) is 0 Å². The van der Waals surface area contributed by atoms with Gasteiger partial charge in [0.2, 0.25) is 5.91 Å². The Labute approximate surface area is 144 Å². The average molecular weight is 347 g/mol. The van der Waals surface area contributed by atoms with Gasteiger partial charge in [0.1, 0.15) is 17.3 Å². The number of carbonyl (C=O) groups is 1. The zero-order valence-corrected chi connectivity index (χ0v) is 13.9. The molecule has 0 bridgehead atoms. The standard InChI is InChI=1S/C17H18FN3O4/c1-3-20(15-9-4-12(18)10-16(15)21(23)24)11-17(22)19-13-5-7-14(25-2)8-6-13/h4-10H,3,11H2,1-2H3,(H,19,22). The maximum Gasteiger partial charge on any atom is 0.295 e. The summed E-state index contributed by atoms with van der Waals surface area (Å²) in [5.41, 5.74) is 0.397. The number of likely N-dealkylation sites (N-methyl/N-ethyl adjacent to an activating group) is 1. The summed E-state index contributed by atoms with van der Waals surface area (Å²) < 4.78 is 18.3. The van der Waals surface area contributed by atoms with Crippen LogP contribution in [0, 0.1) is 15.9 Å². The summed E-state index contributed by atoms with van der Waals surface area (Å²) in [5, 5.41) is 13.8. The fourth-order valence-electron chi connectivity index (χ4n) is 2.33. The molecule has 0 aliphatic heterocycles. The first-order chi connectivity index (χ1) is 11.9. The van der Waals surface area contributed by atoms with Gasteiger partial charge >= 0.3 is 0 Å². The van der Waals surface area contributed by atoms with E-state index in [-0.39, 0.29) is 23.8 Å². The molecule has 7 nitrogen and oxygen atoms in total. The molecule has 1 amide bonds. The van der Waals surface area contributed by atoms with E-state index in [1.165, 1.54) is 11.0 Å². The second kappa shape index (κ2) is 8.09. The zero-order valence-electron chi connectivity index (χ0n) is 13.9. The molecule has 8 heteroatoms. The number of benzene rings is 2. The first-order valence-corrected chi connectivity index (χ1v) is 7.57. The molecule has 1 N–H and O–H groups in total. The second-order valence-corrected chi connectivity index (χ2v) is 5.18. The summed E-state index contributed by atoms with van der Waals surface area (Å²) in [6.07, 6.45) is 0. The van der Waals surface area contributed by atoms with Gasteiger partial charge in [-0.1, -0.05) is 0 Å². The van der Waals surface area contributed by atoms with Crippen LogP contribution in [0.2, 0.25) is 0 Å². The van der Waals surface area contributed by atoms with E-state index in [0.29, 0.717) is 18.0 Å². The van der Waals surface area contributed by atoms with Gasteiger partial charge in [0.15, 0.2) is 0 Å². The van der Waals surface area contributed by atoms with Gasteiger partial charge in [0.25, 0.3) is 5.69 Å². The monoisotopic (exact) mass is 347 g/mol. The first-order valence-electron chi connectivity index (χ1n) is 7.57. The van der Waals surface area contributed by atoms with Crippen molar-refractivity contribution in [1.29, 1.82) is 0 Å². The number of anilines is 2. The van der Waals surface area contributed by atoms with E-state index in [1.807, 2.05) is 0 Å². The van der Waals surface area contributed by atoms with Gasteiger partial charge in [-0.05, 0) is 43.3 Å². The van der Waals surface area contributed by atoms with Gasteiger partial charge < -0.3 is 15.0 Å². The van der Waals surface area contributed by atoms with E-state index in [1.54, 1.807) is 38.3 Å². The van der Waals surface area contributed by atoms with Crippen LogP contribution in [0.25, 0.3) is 0 Å². The Hall–Kier alpha value is -3.16. The minimum absolute atomic E-state index is 0.102. The highest BCUT2D eigenvalue weighted by Gasteiger charge is 2.21. The van der Waals surface area contributed by atoms with Crippen LogP contribution < -0.4 is 15.0 Å². The van der Waals surface area contributed by atoms with Crippen molar-refractivity contribution in [2.45, 2.75) is 6.92 Å². The number of nitro groups is 1. The Morgan fingerprint density at radius 1 is 1.28 bits per heavy atom. The first kappa shape index (κ1) is 18.2. The average Bonchev–Trinajstić information content (AvgIpc) is 2.60. The molecule has 0 spiro atoms. The molecular weight excluding hydrogens is 329 g/mol. The number of carbonyl (C=O) groups excluding carboxylic acids is 1. The van der Waals surface area contributed by atoms with Crippen LogP contribution in [-0.4, -0.2) is 31.0 Å². The Kier molecular flexibility index (Phi) is 5.89.